The molecule has 0 unspecified atom stereocenters. The number of hydrogen-bond donors (Lipinski definition) is 1. The molecule has 1 atom stereocenters. The molecule has 150 valence electrons. The molecule has 2 aromatic carbocycles. The van der Waals surface area contributed by atoms with E-state index in [1.807, 2.05) is 48.5 Å². The van der Waals surface area contributed by atoms with Crippen LogP contribution in [0.2, 0.25) is 0 Å². The Balaban J connectivity index is 1.47. The van der Waals surface area contributed by atoms with Crippen LogP contribution in [-0.2, 0) is 10.4 Å². The molecule has 0 spiro atoms. The van der Waals surface area contributed by atoms with Gasteiger partial charge in [-0.15, -0.1) is 0 Å². The standard InChI is InChI=1S/C22H23N3O4/c1-28-19-10-5-3-8-17(19)22(27)11-6-12-25(14-22)20(26)13-29-21-16-7-2-4-9-18(16)23-15-24-21/h2-5,7-10,15,27H,6,11-14H2,1H3/t22-/m0/s1. The number of nitrogens with zero attached hydrogens (tertiary/aromatic N) is 3. The lowest BCUT2D eigenvalue weighted by molar-refractivity contribution is -0.141. The molecule has 1 N–H and O–H groups in total. The number of carbonyl (C=O) groups excluding carboxylic acids is 1. The second kappa shape index (κ2) is 8.05. The molecule has 0 bridgehead atoms. The molecule has 0 saturated carbocycles. The maximum absolute atomic E-state index is 12.8. The van der Waals surface area contributed by atoms with Crippen LogP contribution in [0.25, 0.3) is 10.9 Å². The topological polar surface area (TPSA) is 84.8 Å². The van der Waals surface area contributed by atoms with Gasteiger partial charge in [0.05, 0.1) is 24.6 Å². The summed E-state index contributed by atoms with van der Waals surface area (Å²) in [6.07, 6.45) is 2.68. The lowest BCUT2D eigenvalue weighted by Crippen LogP contribution is -2.50. The Morgan fingerprint density at radius 2 is 1.97 bits per heavy atom. The number of methoxy groups -OCH3 is 1. The predicted molar refractivity (Wildman–Crippen MR) is 108 cm³/mol. The molecule has 0 radical (unpaired) electrons. The maximum Gasteiger partial charge on any atom is 0.260 e. The van der Waals surface area contributed by atoms with Crippen LogP contribution in [0, 0.1) is 0 Å². The molecule has 1 aliphatic heterocycles. The molecule has 1 fully saturated rings. The number of fused-ring (bicyclic) bond motifs is 1. The minimum Gasteiger partial charge on any atom is -0.496 e. The first-order valence-electron chi connectivity index (χ1n) is 9.57. The molecular weight excluding hydrogens is 370 g/mol. The zero-order valence-corrected chi connectivity index (χ0v) is 16.2. The number of β-amino-alcohol motifs (C(OH)–C–C–N with tert-alkyl or cyclic N) is 1. The van der Waals surface area contributed by atoms with Crippen LogP contribution in [0.3, 0.4) is 0 Å². The number of carbonyl (C=O) groups is 1. The number of aromatic nitrogens is 2. The molecule has 2 heterocycles. The molecule has 0 aliphatic carbocycles. The molecule has 4 rings (SSSR count). The number of ether oxygens (including phenoxy) is 2. The first-order valence-corrected chi connectivity index (χ1v) is 9.57. The second-order valence-corrected chi connectivity index (χ2v) is 7.14. The third kappa shape index (κ3) is 3.86. The fourth-order valence-corrected chi connectivity index (χ4v) is 3.81. The van der Waals surface area contributed by atoms with Crippen LogP contribution < -0.4 is 9.47 Å². The van der Waals surface area contributed by atoms with Crippen LogP contribution in [0.4, 0.5) is 0 Å². The van der Waals surface area contributed by atoms with E-state index in [0.717, 1.165) is 10.9 Å². The summed E-state index contributed by atoms with van der Waals surface area (Å²) < 4.78 is 11.1. The number of amides is 1. The van der Waals surface area contributed by atoms with Crippen molar-refractivity contribution in [2.75, 3.05) is 26.8 Å². The Hall–Kier alpha value is -3.19. The highest BCUT2D eigenvalue weighted by Gasteiger charge is 2.38. The maximum atomic E-state index is 12.8. The predicted octanol–water partition coefficient (Wildman–Crippen LogP) is 2.53. The summed E-state index contributed by atoms with van der Waals surface area (Å²) in [6, 6.07) is 14.9. The zero-order valence-electron chi connectivity index (χ0n) is 16.2. The van der Waals surface area contributed by atoms with Gasteiger partial charge in [-0.1, -0.05) is 30.3 Å². The molecule has 29 heavy (non-hydrogen) atoms. The fourth-order valence-electron chi connectivity index (χ4n) is 3.81. The number of likely N-dealkylation sites (tertiary alicyclic amines) is 1. The van der Waals surface area contributed by atoms with Gasteiger partial charge in [-0.3, -0.25) is 4.79 Å². The summed E-state index contributed by atoms with van der Waals surface area (Å²) >= 11 is 0. The zero-order chi connectivity index (χ0) is 20.3. The van der Waals surface area contributed by atoms with Crippen molar-refractivity contribution in [2.24, 2.45) is 0 Å². The van der Waals surface area contributed by atoms with Crippen LogP contribution in [0.1, 0.15) is 18.4 Å². The van der Waals surface area contributed by atoms with Gasteiger partial charge < -0.3 is 19.5 Å². The number of rotatable bonds is 5. The van der Waals surface area contributed by atoms with Crippen LogP contribution in [-0.4, -0.2) is 52.7 Å². The minimum atomic E-state index is -1.15. The van der Waals surface area contributed by atoms with E-state index in [1.165, 1.54) is 6.33 Å². The quantitative estimate of drug-likeness (QED) is 0.717. The van der Waals surface area contributed by atoms with Crippen molar-refractivity contribution in [1.82, 2.24) is 14.9 Å². The fraction of sp³-hybridized carbons (Fsp3) is 0.318. The van der Waals surface area contributed by atoms with Gasteiger partial charge in [-0.2, -0.15) is 0 Å². The highest BCUT2D eigenvalue weighted by atomic mass is 16.5. The summed E-state index contributed by atoms with van der Waals surface area (Å²) in [5.41, 5.74) is 0.304. The van der Waals surface area contributed by atoms with E-state index in [2.05, 4.69) is 9.97 Å². The summed E-state index contributed by atoms with van der Waals surface area (Å²) in [5, 5.41) is 12.0. The van der Waals surface area contributed by atoms with E-state index in [-0.39, 0.29) is 19.1 Å². The van der Waals surface area contributed by atoms with E-state index < -0.39 is 5.60 Å². The van der Waals surface area contributed by atoms with Crippen molar-refractivity contribution < 1.29 is 19.4 Å². The average molecular weight is 393 g/mol. The number of benzene rings is 2. The van der Waals surface area contributed by atoms with Gasteiger partial charge in [0.2, 0.25) is 5.88 Å². The van der Waals surface area contributed by atoms with E-state index in [4.69, 9.17) is 9.47 Å². The molecule has 7 heteroatoms. The van der Waals surface area contributed by atoms with Crippen LogP contribution in [0.5, 0.6) is 11.6 Å². The van der Waals surface area contributed by atoms with Gasteiger partial charge in [0, 0.05) is 12.1 Å². The van der Waals surface area contributed by atoms with Gasteiger partial charge in [0.25, 0.3) is 5.91 Å². The van der Waals surface area contributed by atoms with Gasteiger partial charge in [-0.25, -0.2) is 9.97 Å². The Bertz CT molecular complexity index is 1020. The largest absolute Gasteiger partial charge is 0.496 e. The highest BCUT2D eigenvalue weighted by molar-refractivity contribution is 5.84. The SMILES string of the molecule is COc1ccccc1[C@]1(O)CCCN(C(=O)COc2ncnc3ccccc23)C1. The normalized spacial score (nSPS) is 19.2. The Labute approximate surface area is 168 Å². The third-order valence-electron chi connectivity index (χ3n) is 5.27. The number of para-hydroxylation sites is 2. The molecule has 1 amide bonds. The van der Waals surface area contributed by atoms with Gasteiger partial charge in [0.1, 0.15) is 17.7 Å². The Morgan fingerprint density at radius 1 is 1.17 bits per heavy atom. The van der Waals surface area contributed by atoms with Crippen molar-refractivity contribution in [3.63, 3.8) is 0 Å². The van der Waals surface area contributed by atoms with Crippen LogP contribution in [0.15, 0.2) is 54.9 Å². The molecule has 3 aromatic rings. The van der Waals surface area contributed by atoms with E-state index in [1.54, 1.807) is 12.0 Å². The summed E-state index contributed by atoms with van der Waals surface area (Å²) in [5.74, 6) is 0.801. The lowest BCUT2D eigenvalue weighted by atomic mass is 9.85. The summed E-state index contributed by atoms with van der Waals surface area (Å²) in [6.45, 7) is 0.618. The van der Waals surface area contributed by atoms with E-state index >= 15 is 0 Å². The smallest absolute Gasteiger partial charge is 0.260 e. The number of aliphatic hydroxyl groups is 1. The van der Waals surface area contributed by atoms with E-state index in [9.17, 15) is 9.90 Å². The number of hydrogen-bond acceptors (Lipinski definition) is 6. The second-order valence-electron chi connectivity index (χ2n) is 7.14. The van der Waals surface area contributed by atoms with Crippen molar-refractivity contribution in [2.45, 2.75) is 18.4 Å². The van der Waals surface area contributed by atoms with Crippen molar-refractivity contribution >= 4 is 16.8 Å². The highest BCUT2D eigenvalue weighted by Crippen LogP contribution is 2.36. The Kier molecular flexibility index (Phi) is 5.31. The van der Waals surface area contributed by atoms with Crippen LogP contribution >= 0.6 is 0 Å². The minimum absolute atomic E-state index is 0.150. The van der Waals surface area contributed by atoms with Gasteiger partial charge >= 0.3 is 0 Å². The van der Waals surface area contributed by atoms with Crippen molar-refractivity contribution in [3.8, 4) is 11.6 Å². The Morgan fingerprint density at radius 3 is 2.83 bits per heavy atom. The molecule has 7 nitrogen and oxygen atoms in total. The number of piperidine rings is 1. The first kappa shape index (κ1) is 19.1. The van der Waals surface area contributed by atoms with Crippen molar-refractivity contribution in [1.29, 1.82) is 0 Å². The molecule has 1 aromatic heterocycles. The van der Waals surface area contributed by atoms with Gasteiger partial charge in [0.15, 0.2) is 6.61 Å². The molecule has 1 aliphatic rings. The third-order valence-corrected chi connectivity index (χ3v) is 5.27. The van der Waals surface area contributed by atoms with Gasteiger partial charge in [-0.05, 0) is 31.0 Å². The monoisotopic (exact) mass is 393 g/mol. The van der Waals surface area contributed by atoms with Crippen molar-refractivity contribution in [3.05, 3.63) is 60.4 Å². The summed E-state index contributed by atoms with van der Waals surface area (Å²) in [4.78, 5) is 22.8. The van der Waals surface area contributed by atoms with E-state index in [0.29, 0.717) is 36.6 Å². The summed E-state index contributed by atoms with van der Waals surface area (Å²) in [7, 11) is 1.58. The lowest BCUT2D eigenvalue weighted by Gasteiger charge is -2.40. The average Bonchev–Trinajstić information content (AvgIpc) is 2.77. The molecular formula is C22H23N3O4. The molecule has 1 saturated heterocycles. The first-order chi connectivity index (χ1) is 14.1.